The molecule has 2 N–H and O–H groups in total. The molecular weight excluding hydrogens is 406 g/mol. The number of carboxylic acid groups (broad SMARTS) is 1. The van der Waals surface area contributed by atoms with E-state index in [0.29, 0.717) is 24.8 Å². The van der Waals surface area contributed by atoms with Gasteiger partial charge in [-0.05, 0) is 61.8 Å². The smallest absolute Gasteiger partial charge is 0.303 e. The van der Waals surface area contributed by atoms with Crippen LogP contribution in [-0.2, 0) is 14.8 Å². The van der Waals surface area contributed by atoms with E-state index in [1.54, 1.807) is 24.3 Å². The fourth-order valence-corrected chi connectivity index (χ4v) is 4.49. The summed E-state index contributed by atoms with van der Waals surface area (Å²) in [6.45, 7) is 0.433. The number of carbonyl (C=O) groups is 1. The molecule has 0 spiro atoms. The first-order valence-corrected chi connectivity index (χ1v) is 10.8. The van der Waals surface area contributed by atoms with E-state index in [-0.39, 0.29) is 11.3 Å². The number of nitrogens with one attached hydrogen (secondary N) is 1. The highest BCUT2D eigenvalue weighted by molar-refractivity contribution is 9.10. The van der Waals surface area contributed by atoms with Gasteiger partial charge in [-0.1, -0.05) is 34.5 Å². The van der Waals surface area contributed by atoms with Crippen molar-refractivity contribution >= 4 is 31.9 Å². The Kier molecular flexibility index (Phi) is 7.65. The van der Waals surface area contributed by atoms with Crippen molar-refractivity contribution in [3.8, 4) is 0 Å². The van der Waals surface area contributed by atoms with E-state index in [4.69, 9.17) is 5.11 Å². The zero-order chi connectivity index (χ0) is 18.3. The molecule has 0 heterocycles. The van der Waals surface area contributed by atoms with Gasteiger partial charge in [0.25, 0.3) is 0 Å². The van der Waals surface area contributed by atoms with E-state index < -0.39 is 16.0 Å². The van der Waals surface area contributed by atoms with Gasteiger partial charge >= 0.3 is 5.97 Å². The number of rotatable bonds is 9. The molecule has 2 rings (SSSR count). The number of allylic oxidation sites excluding steroid dienone is 2. The number of benzene rings is 1. The van der Waals surface area contributed by atoms with Gasteiger partial charge in [-0.3, -0.25) is 4.79 Å². The summed E-state index contributed by atoms with van der Waals surface area (Å²) in [4.78, 5) is 10.8. The normalized spacial score (nSPS) is 21.0. The molecule has 0 aliphatic heterocycles. The summed E-state index contributed by atoms with van der Waals surface area (Å²) in [6.07, 6.45) is 8.90. The quantitative estimate of drug-likeness (QED) is 0.459. The number of hydrogen-bond acceptors (Lipinski definition) is 3. The minimum Gasteiger partial charge on any atom is -0.481 e. The molecule has 0 aromatic heterocycles. The molecule has 25 heavy (non-hydrogen) atoms. The summed E-state index contributed by atoms with van der Waals surface area (Å²) in [7, 11) is -3.49. The van der Waals surface area contributed by atoms with Crippen LogP contribution in [0.4, 0.5) is 0 Å². The molecule has 1 aliphatic rings. The lowest BCUT2D eigenvalue weighted by Crippen LogP contribution is -2.30. The third kappa shape index (κ3) is 6.56. The predicted molar refractivity (Wildman–Crippen MR) is 101 cm³/mol. The molecule has 1 fully saturated rings. The Morgan fingerprint density at radius 2 is 2.00 bits per heavy atom. The average molecular weight is 430 g/mol. The summed E-state index contributed by atoms with van der Waals surface area (Å²) in [5.74, 6) is -0.118. The van der Waals surface area contributed by atoms with E-state index in [1.165, 1.54) is 0 Å². The van der Waals surface area contributed by atoms with Crippen LogP contribution in [0.25, 0.3) is 0 Å². The molecule has 2 atom stereocenters. The van der Waals surface area contributed by atoms with Gasteiger partial charge in [-0.25, -0.2) is 13.1 Å². The van der Waals surface area contributed by atoms with Crippen LogP contribution in [0.3, 0.4) is 0 Å². The van der Waals surface area contributed by atoms with Crippen molar-refractivity contribution in [1.82, 2.24) is 4.72 Å². The average Bonchev–Trinajstić information content (AvgIpc) is 3.00. The molecule has 1 aliphatic carbocycles. The molecule has 0 saturated heterocycles. The third-order valence-electron chi connectivity index (χ3n) is 4.52. The molecule has 1 aromatic carbocycles. The lowest BCUT2D eigenvalue weighted by molar-refractivity contribution is -0.137. The van der Waals surface area contributed by atoms with E-state index in [0.717, 1.165) is 30.2 Å². The summed E-state index contributed by atoms with van der Waals surface area (Å²) in [5, 5.41) is 8.63. The van der Waals surface area contributed by atoms with E-state index in [1.807, 2.05) is 6.08 Å². The van der Waals surface area contributed by atoms with E-state index in [2.05, 4.69) is 26.7 Å². The summed E-state index contributed by atoms with van der Waals surface area (Å²) in [5.41, 5.74) is 0. The fraction of sp³-hybridized carbons (Fsp3) is 0.500. The van der Waals surface area contributed by atoms with E-state index in [9.17, 15) is 13.2 Å². The molecule has 0 amide bonds. The monoisotopic (exact) mass is 429 g/mol. The highest BCUT2D eigenvalue weighted by atomic mass is 79.9. The van der Waals surface area contributed by atoms with E-state index >= 15 is 0 Å². The van der Waals surface area contributed by atoms with Gasteiger partial charge < -0.3 is 5.11 Å². The molecule has 1 saturated carbocycles. The Morgan fingerprint density at radius 1 is 1.28 bits per heavy atom. The lowest BCUT2D eigenvalue weighted by Gasteiger charge is -2.17. The van der Waals surface area contributed by atoms with Crippen LogP contribution in [0.15, 0.2) is 45.8 Å². The first kappa shape index (κ1) is 20.1. The number of aliphatic carboxylic acids is 1. The SMILES string of the molecule is O=C(O)CCCC=CC1CCCC1CNS(=O)(=O)c1ccc(Br)cc1. The molecule has 0 bridgehead atoms. The Bertz CT molecular complexity index is 700. The molecular formula is C18H24BrNO4S. The lowest BCUT2D eigenvalue weighted by atomic mass is 9.95. The van der Waals surface area contributed by atoms with Crippen molar-refractivity contribution in [3.63, 3.8) is 0 Å². The maximum Gasteiger partial charge on any atom is 0.303 e. The van der Waals surface area contributed by atoms with Crippen LogP contribution in [0.1, 0.15) is 38.5 Å². The van der Waals surface area contributed by atoms with Crippen LogP contribution in [-0.4, -0.2) is 26.0 Å². The predicted octanol–water partition coefficient (Wildman–Crippen LogP) is 3.95. The molecule has 1 aromatic rings. The first-order chi connectivity index (χ1) is 11.9. The minimum atomic E-state index is -3.49. The maximum atomic E-state index is 12.4. The van der Waals surface area contributed by atoms with Gasteiger partial charge in [0.1, 0.15) is 0 Å². The topological polar surface area (TPSA) is 83.5 Å². The van der Waals surface area contributed by atoms with Gasteiger partial charge in [-0.15, -0.1) is 0 Å². The number of unbranched alkanes of at least 4 members (excludes halogenated alkanes) is 1. The summed E-state index contributed by atoms with van der Waals surface area (Å²) < 4.78 is 28.3. The second kappa shape index (κ2) is 9.50. The molecule has 0 radical (unpaired) electrons. The third-order valence-corrected chi connectivity index (χ3v) is 6.49. The number of hydrogen-bond donors (Lipinski definition) is 2. The largest absolute Gasteiger partial charge is 0.481 e. The van der Waals surface area contributed by atoms with Crippen LogP contribution in [0.2, 0.25) is 0 Å². The summed E-state index contributed by atoms with van der Waals surface area (Å²) >= 11 is 3.30. The Labute approximate surface area is 157 Å². The highest BCUT2D eigenvalue weighted by Crippen LogP contribution is 2.32. The van der Waals surface area contributed by atoms with Gasteiger partial charge in [0.05, 0.1) is 4.90 Å². The van der Waals surface area contributed by atoms with Crippen molar-refractivity contribution in [2.45, 2.75) is 43.4 Å². The Morgan fingerprint density at radius 3 is 2.68 bits per heavy atom. The maximum absolute atomic E-state index is 12.4. The van der Waals surface area contributed by atoms with Gasteiger partial charge in [0.15, 0.2) is 0 Å². The standard InChI is InChI=1S/C18H24BrNO4S/c19-16-9-11-17(12-10-16)25(23,24)20-13-15-7-4-6-14(15)5-2-1-3-8-18(21)22/h2,5,9-12,14-15,20H,1,3-4,6-8,13H2,(H,21,22). The summed E-state index contributed by atoms with van der Waals surface area (Å²) in [6, 6.07) is 6.60. The van der Waals surface area contributed by atoms with Crippen LogP contribution < -0.4 is 4.72 Å². The van der Waals surface area contributed by atoms with Crippen molar-refractivity contribution in [2.24, 2.45) is 11.8 Å². The number of carboxylic acids is 1. The fourth-order valence-electron chi connectivity index (χ4n) is 3.13. The molecule has 7 heteroatoms. The van der Waals surface area contributed by atoms with Crippen LogP contribution in [0, 0.1) is 11.8 Å². The van der Waals surface area contributed by atoms with Gasteiger partial charge in [0.2, 0.25) is 10.0 Å². The van der Waals surface area contributed by atoms with Crippen LogP contribution in [0.5, 0.6) is 0 Å². The van der Waals surface area contributed by atoms with Crippen LogP contribution >= 0.6 is 15.9 Å². The van der Waals surface area contributed by atoms with Crippen molar-refractivity contribution < 1.29 is 18.3 Å². The Hall–Kier alpha value is -1.18. The highest BCUT2D eigenvalue weighted by Gasteiger charge is 2.26. The molecule has 5 nitrogen and oxygen atoms in total. The second-order valence-corrected chi connectivity index (χ2v) is 9.06. The van der Waals surface area contributed by atoms with Crippen molar-refractivity contribution in [2.75, 3.05) is 6.54 Å². The van der Waals surface area contributed by atoms with Crippen molar-refractivity contribution in [3.05, 3.63) is 40.9 Å². The Balaban J connectivity index is 1.85. The van der Waals surface area contributed by atoms with Crippen molar-refractivity contribution in [1.29, 1.82) is 0 Å². The zero-order valence-corrected chi connectivity index (χ0v) is 16.4. The number of sulfonamides is 1. The number of halogens is 1. The minimum absolute atomic E-state index is 0.186. The molecule has 138 valence electrons. The first-order valence-electron chi connectivity index (χ1n) is 8.52. The zero-order valence-electron chi connectivity index (χ0n) is 14.0. The van der Waals surface area contributed by atoms with Gasteiger partial charge in [0, 0.05) is 17.4 Å². The van der Waals surface area contributed by atoms with Gasteiger partial charge in [-0.2, -0.15) is 0 Å². The molecule has 2 unspecified atom stereocenters. The second-order valence-electron chi connectivity index (χ2n) is 6.37.